The predicted octanol–water partition coefficient (Wildman–Crippen LogP) is 6.65. The molecule has 0 bridgehead atoms. The summed E-state index contributed by atoms with van der Waals surface area (Å²) in [7, 11) is -3.62. The Bertz CT molecular complexity index is 1060. The second-order valence-electron chi connectivity index (χ2n) is 14.4. The van der Waals surface area contributed by atoms with Gasteiger partial charge >= 0.3 is 12.1 Å². The minimum Gasteiger partial charge on any atom is -0.461 e. The fourth-order valence-electron chi connectivity index (χ4n) is 5.69. The number of aliphatic hydroxyl groups excluding tert-OH is 1. The van der Waals surface area contributed by atoms with Crippen molar-refractivity contribution in [1.82, 2.24) is 13.9 Å². The van der Waals surface area contributed by atoms with Gasteiger partial charge in [0.1, 0.15) is 11.3 Å². The summed E-state index contributed by atoms with van der Waals surface area (Å²) in [6.45, 7) is 20.8. The summed E-state index contributed by atoms with van der Waals surface area (Å²) in [4.78, 5) is 26.0. The molecule has 1 aliphatic heterocycles. The molecule has 2 fully saturated rings. The number of aromatic nitrogens is 1. The van der Waals surface area contributed by atoms with Gasteiger partial charge in [-0.3, -0.25) is 4.57 Å². The molecule has 39 heavy (non-hydrogen) atoms. The number of hydrogen-bond donors (Lipinski definition) is 1. The van der Waals surface area contributed by atoms with E-state index in [-0.39, 0.29) is 40.8 Å². The molecule has 1 unspecified atom stereocenters. The van der Waals surface area contributed by atoms with E-state index in [2.05, 4.69) is 50.9 Å². The van der Waals surface area contributed by atoms with Crippen LogP contribution in [0.25, 0.3) is 0 Å². The normalized spacial score (nSPS) is 23.4. The Hall–Kier alpha value is -1.67. The SMILES string of the molecule is CCOC(=O)c1cc(C(O)P2(=O)N(CC(C)(C)C)[C@@H]3CCCC[C@H]3N2CC(C)(C)C)cn1C(=O)OC(C)(C)C. The molecule has 222 valence electrons. The Kier molecular flexibility index (Phi) is 9.23. The Morgan fingerprint density at radius 2 is 1.46 bits per heavy atom. The molecule has 3 atom stereocenters. The van der Waals surface area contributed by atoms with Gasteiger partial charge in [0.25, 0.3) is 0 Å². The Morgan fingerprint density at radius 3 is 1.87 bits per heavy atom. The Labute approximate surface area is 234 Å². The van der Waals surface area contributed by atoms with Gasteiger partial charge in [-0.15, -0.1) is 0 Å². The molecule has 2 heterocycles. The monoisotopic (exact) mass is 567 g/mol. The van der Waals surface area contributed by atoms with Gasteiger partial charge in [0, 0.05) is 36.9 Å². The van der Waals surface area contributed by atoms with Crippen molar-refractivity contribution < 1.29 is 28.7 Å². The fourth-order valence-corrected chi connectivity index (χ4v) is 9.72. The molecular formula is C29H50N3O6P. The maximum absolute atomic E-state index is 15.5. The minimum absolute atomic E-state index is 0.0619. The first-order valence-electron chi connectivity index (χ1n) is 14.2. The van der Waals surface area contributed by atoms with Gasteiger partial charge in [-0.2, -0.15) is 0 Å². The zero-order chi connectivity index (χ0) is 29.6. The molecule has 0 spiro atoms. The van der Waals surface area contributed by atoms with E-state index in [4.69, 9.17) is 9.47 Å². The highest BCUT2D eigenvalue weighted by Gasteiger charge is 2.59. The van der Waals surface area contributed by atoms with E-state index >= 15 is 4.57 Å². The first-order valence-corrected chi connectivity index (χ1v) is 15.9. The van der Waals surface area contributed by atoms with Crippen LogP contribution in [0.15, 0.2) is 12.3 Å². The number of rotatable bonds is 6. The average molecular weight is 568 g/mol. The summed E-state index contributed by atoms with van der Waals surface area (Å²) in [6, 6.07) is 1.57. The van der Waals surface area contributed by atoms with Crippen LogP contribution < -0.4 is 0 Å². The summed E-state index contributed by atoms with van der Waals surface area (Å²) in [5, 5.41) is 12.1. The molecule has 1 aromatic rings. The third kappa shape index (κ3) is 7.16. The maximum Gasteiger partial charge on any atom is 0.419 e. The number of esters is 1. The smallest absolute Gasteiger partial charge is 0.419 e. The van der Waals surface area contributed by atoms with Crippen LogP contribution in [0.5, 0.6) is 0 Å². The molecule has 2 aliphatic rings. The van der Waals surface area contributed by atoms with Crippen molar-refractivity contribution in [2.75, 3.05) is 19.7 Å². The largest absolute Gasteiger partial charge is 0.461 e. The molecule has 0 amide bonds. The van der Waals surface area contributed by atoms with E-state index in [9.17, 15) is 14.7 Å². The molecule has 1 aliphatic carbocycles. The summed E-state index contributed by atoms with van der Waals surface area (Å²) in [5.41, 5.74) is -0.939. The number of fused-ring (bicyclic) bond motifs is 1. The van der Waals surface area contributed by atoms with Crippen LogP contribution in [0.1, 0.15) is 117 Å². The summed E-state index contributed by atoms with van der Waals surface area (Å²) < 4.78 is 31.4. The lowest BCUT2D eigenvalue weighted by molar-refractivity contribution is 0.0449. The van der Waals surface area contributed by atoms with Gasteiger partial charge in [0.2, 0.25) is 7.44 Å². The van der Waals surface area contributed by atoms with Gasteiger partial charge < -0.3 is 14.6 Å². The van der Waals surface area contributed by atoms with Gasteiger partial charge in [-0.25, -0.2) is 23.5 Å². The third-order valence-electron chi connectivity index (χ3n) is 7.00. The molecular weight excluding hydrogens is 517 g/mol. The first-order chi connectivity index (χ1) is 17.8. The minimum atomic E-state index is -3.62. The highest BCUT2D eigenvalue weighted by atomic mass is 31.2. The van der Waals surface area contributed by atoms with Crippen LogP contribution in [0.4, 0.5) is 4.79 Å². The highest BCUT2D eigenvalue weighted by molar-refractivity contribution is 7.59. The number of aliphatic hydroxyl groups is 1. The van der Waals surface area contributed by atoms with Gasteiger partial charge in [0.05, 0.1) is 6.61 Å². The van der Waals surface area contributed by atoms with Gasteiger partial charge in [0.15, 0.2) is 5.85 Å². The summed E-state index contributed by atoms with van der Waals surface area (Å²) in [6.07, 6.45) is 4.58. The number of ether oxygens (including phenoxy) is 2. The molecule has 10 heteroatoms. The second-order valence-corrected chi connectivity index (χ2v) is 17.1. The van der Waals surface area contributed by atoms with Crippen LogP contribution in [0.2, 0.25) is 0 Å². The molecule has 0 aromatic carbocycles. The van der Waals surface area contributed by atoms with Crippen LogP contribution in [0.3, 0.4) is 0 Å². The van der Waals surface area contributed by atoms with Gasteiger partial charge in [-0.1, -0.05) is 54.4 Å². The molecule has 1 N–H and O–H groups in total. The Morgan fingerprint density at radius 1 is 0.974 bits per heavy atom. The van der Waals surface area contributed by atoms with Crippen LogP contribution in [-0.4, -0.2) is 68.5 Å². The molecule has 1 aromatic heterocycles. The second kappa shape index (κ2) is 11.3. The van der Waals surface area contributed by atoms with Crippen molar-refractivity contribution >= 4 is 19.5 Å². The molecule has 1 saturated heterocycles. The lowest BCUT2D eigenvalue weighted by Gasteiger charge is -2.39. The van der Waals surface area contributed by atoms with Crippen molar-refractivity contribution in [3.8, 4) is 0 Å². The summed E-state index contributed by atoms with van der Waals surface area (Å²) >= 11 is 0. The van der Waals surface area contributed by atoms with E-state index in [0.29, 0.717) is 13.1 Å². The number of carbonyl (C=O) groups is 2. The van der Waals surface area contributed by atoms with E-state index in [1.807, 2.05) is 0 Å². The van der Waals surface area contributed by atoms with Crippen LogP contribution >= 0.6 is 7.44 Å². The number of hydrogen-bond acceptors (Lipinski definition) is 6. The van der Waals surface area contributed by atoms with Crippen LogP contribution in [-0.2, 0) is 14.0 Å². The first kappa shape index (κ1) is 31.9. The van der Waals surface area contributed by atoms with E-state index in [1.165, 1.54) is 12.3 Å². The zero-order valence-corrected chi connectivity index (χ0v) is 26.5. The van der Waals surface area contributed by atoms with Crippen molar-refractivity contribution in [3.63, 3.8) is 0 Å². The van der Waals surface area contributed by atoms with E-state index in [1.54, 1.807) is 27.7 Å². The summed E-state index contributed by atoms with van der Waals surface area (Å²) in [5.74, 6) is -2.14. The topological polar surface area (TPSA) is 101 Å². The standard InChI is InChI=1S/C29H50N3O6P/c1-11-37-24(33)23-16-20(17-30(23)26(35)38-29(8,9)10)25(34)39(36)31(18-27(2,3)4)21-14-12-13-15-22(21)32(39)19-28(5,6)7/h16-17,21-22,25,34H,11-15,18-19H2,1-10H3/t21-,22-,25?/m1/s1. The molecule has 9 nitrogen and oxygen atoms in total. The fraction of sp³-hybridized carbons (Fsp3) is 0.793. The molecule has 0 radical (unpaired) electrons. The number of nitrogens with zero attached hydrogens (tertiary/aromatic N) is 3. The Balaban J connectivity index is 2.17. The van der Waals surface area contributed by atoms with E-state index in [0.717, 1.165) is 30.3 Å². The lowest BCUT2D eigenvalue weighted by Crippen LogP contribution is -2.43. The van der Waals surface area contributed by atoms with Gasteiger partial charge in [-0.05, 0) is 57.4 Å². The van der Waals surface area contributed by atoms with Crippen molar-refractivity contribution in [3.05, 3.63) is 23.5 Å². The van der Waals surface area contributed by atoms with Crippen molar-refractivity contribution in [2.45, 2.75) is 118 Å². The van der Waals surface area contributed by atoms with E-state index < -0.39 is 31.0 Å². The zero-order valence-electron chi connectivity index (χ0n) is 25.6. The predicted molar refractivity (Wildman–Crippen MR) is 153 cm³/mol. The van der Waals surface area contributed by atoms with Crippen molar-refractivity contribution in [2.24, 2.45) is 10.8 Å². The van der Waals surface area contributed by atoms with Crippen molar-refractivity contribution in [1.29, 1.82) is 0 Å². The quantitative estimate of drug-likeness (QED) is 0.301. The molecule has 3 rings (SSSR count). The van der Waals surface area contributed by atoms with Crippen LogP contribution in [0, 0.1) is 10.8 Å². The maximum atomic E-state index is 15.5. The highest BCUT2D eigenvalue weighted by Crippen LogP contribution is 2.71. The molecule has 1 saturated carbocycles. The number of carbonyl (C=O) groups excluding carboxylic acids is 2. The lowest BCUT2D eigenvalue weighted by atomic mass is 9.87. The third-order valence-corrected chi connectivity index (χ3v) is 10.3. The average Bonchev–Trinajstić information content (AvgIpc) is 3.32.